The van der Waals surface area contributed by atoms with E-state index in [-0.39, 0.29) is 5.60 Å². The molecule has 2 heterocycles. The molecule has 0 aliphatic rings. The predicted molar refractivity (Wildman–Crippen MR) is 71.4 cm³/mol. The van der Waals surface area contributed by atoms with Gasteiger partial charge in [0, 0.05) is 5.39 Å². The number of pyridine rings is 1. The van der Waals surface area contributed by atoms with Gasteiger partial charge >= 0.3 is 0 Å². The van der Waals surface area contributed by atoms with Crippen molar-refractivity contribution in [2.75, 3.05) is 0 Å². The Morgan fingerprint density at radius 3 is 2.61 bits per heavy atom. The number of aromatic nitrogens is 3. The van der Waals surface area contributed by atoms with Crippen molar-refractivity contribution < 1.29 is 4.84 Å². The second-order valence-electron chi connectivity index (χ2n) is 5.28. The monoisotopic (exact) mass is 241 g/mol. The minimum Gasteiger partial charge on any atom is -0.407 e. The Bertz CT molecular complexity index is 710. The number of nitrogens with zero attached hydrogens (tertiary/aromatic N) is 3. The highest BCUT2D eigenvalue weighted by Gasteiger charge is 2.15. The second-order valence-corrected chi connectivity index (χ2v) is 5.28. The van der Waals surface area contributed by atoms with Crippen LogP contribution in [0.3, 0.4) is 0 Å². The van der Waals surface area contributed by atoms with E-state index in [1.807, 2.05) is 45.0 Å². The Labute approximate surface area is 105 Å². The Hall–Kier alpha value is -2.10. The first kappa shape index (κ1) is 11.0. The minimum absolute atomic E-state index is 0.266. The topological polar surface area (TPSA) is 39.9 Å². The van der Waals surface area contributed by atoms with Crippen LogP contribution in [0.1, 0.15) is 20.8 Å². The zero-order valence-electron chi connectivity index (χ0n) is 10.7. The fourth-order valence-corrected chi connectivity index (χ4v) is 1.98. The van der Waals surface area contributed by atoms with Gasteiger partial charge in [-0.25, -0.2) is 4.98 Å². The minimum atomic E-state index is -0.266. The van der Waals surface area contributed by atoms with Gasteiger partial charge in [-0.2, -0.15) is 4.73 Å². The third-order valence-electron chi connectivity index (χ3n) is 2.62. The van der Waals surface area contributed by atoms with Crippen LogP contribution in [0.15, 0.2) is 36.8 Å². The largest absolute Gasteiger partial charge is 0.407 e. The van der Waals surface area contributed by atoms with E-state index < -0.39 is 0 Å². The molecule has 0 aliphatic carbocycles. The molecule has 0 spiro atoms. The molecule has 0 amide bonds. The van der Waals surface area contributed by atoms with Gasteiger partial charge in [-0.05, 0) is 26.8 Å². The lowest BCUT2D eigenvalue weighted by atomic mass is 10.2. The maximum Gasteiger partial charge on any atom is 0.133 e. The van der Waals surface area contributed by atoms with Gasteiger partial charge in [0.15, 0.2) is 0 Å². The number of benzene rings is 1. The highest BCUT2D eigenvalue weighted by Crippen LogP contribution is 2.22. The summed E-state index contributed by atoms with van der Waals surface area (Å²) in [5.41, 5.74) is 2.50. The van der Waals surface area contributed by atoms with Crippen molar-refractivity contribution >= 4 is 21.9 Å². The highest BCUT2D eigenvalue weighted by atomic mass is 16.7. The molecular weight excluding hydrogens is 226 g/mol. The van der Waals surface area contributed by atoms with Gasteiger partial charge in [-0.15, -0.1) is 0 Å². The molecular formula is C14H15N3O. The molecule has 3 rings (SSSR count). The van der Waals surface area contributed by atoms with Crippen LogP contribution in [-0.2, 0) is 0 Å². The number of hydrogen-bond donors (Lipinski definition) is 0. The van der Waals surface area contributed by atoms with E-state index in [4.69, 9.17) is 4.84 Å². The molecule has 0 aliphatic heterocycles. The summed E-state index contributed by atoms with van der Waals surface area (Å²) in [5.74, 6) is 0. The molecule has 4 heteroatoms. The van der Waals surface area contributed by atoms with Crippen molar-refractivity contribution in [2.24, 2.45) is 0 Å². The summed E-state index contributed by atoms with van der Waals surface area (Å²) in [4.78, 5) is 14.6. The third-order valence-corrected chi connectivity index (χ3v) is 2.62. The van der Waals surface area contributed by atoms with Gasteiger partial charge in [0.1, 0.15) is 23.0 Å². The van der Waals surface area contributed by atoms with Crippen molar-refractivity contribution in [3.8, 4) is 0 Å². The maximum atomic E-state index is 5.89. The van der Waals surface area contributed by atoms with Gasteiger partial charge in [-0.3, -0.25) is 4.98 Å². The molecule has 0 radical (unpaired) electrons. The summed E-state index contributed by atoms with van der Waals surface area (Å²) in [6.07, 6.45) is 3.48. The zero-order chi connectivity index (χ0) is 12.8. The molecule has 1 aromatic carbocycles. The van der Waals surface area contributed by atoms with Crippen molar-refractivity contribution in [3.05, 3.63) is 36.8 Å². The molecule has 4 nitrogen and oxygen atoms in total. The normalized spacial score (nSPS) is 12.2. The van der Waals surface area contributed by atoms with Gasteiger partial charge in [0.25, 0.3) is 0 Å². The number of imidazole rings is 1. The smallest absolute Gasteiger partial charge is 0.133 e. The summed E-state index contributed by atoms with van der Waals surface area (Å²) in [6, 6.07) is 8.00. The molecule has 0 saturated carbocycles. The van der Waals surface area contributed by atoms with Gasteiger partial charge in [-0.1, -0.05) is 18.2 Å². The van der Waals surface area contributed by atoms with E-state index in [1.54, 1.807) is 17.3 Å². The van der Waals surface area contributed by atoms with Gasteiger partial charge in [0.05, 0.1) is 11.7 Å². The zero-order valence-corrected chi connectivity index (χ0v) is 10.7. The number of fused-ring (bicyclic) bond motifs is 3. The van der Waals surface area contributed by atoms with Gasteiger partial charge < -0.3 is 4.84 Å². The van der Waals surface area contributed by atoms with Crippen LogP contribution in [-0.4, -0.2) is 20.3 Å². The molecule has 18 heavy (non-hydrogen) atoms. The highest BCUT2D eigenvalue weighted by molar-refractivity contribution is 6.01. The van der Waals surface area contributed by atoms with Crippen molar-refractivity contribution in [1.82, 2.24) is 14.7 Å². The van der Waals surface area contributed by atoms with Crippen LogP contribution in [0.2, 0.25) is 0 Å². The number of rotatable bonds is 1. The SMILES string of the molecule is CC(C)(C)On1cnc2cnc3ccccc3c21. The summed E-state index contributed by atoms with van der Waals surface area (Å²) in [7, 11) is 0. The number of hydrogen-bond acceptors (Lipinski definition) is 3. The fourth-order valence-electron chi connectivity index (χ4n) is 1.98. The van der Waals surface area contributed by atoms with Crippen molar-refractivity contribution in [1.29, 1.82) is 0 Å². The van der Waals surface area contributed by atoms with Crippen LogP contribution in [0.25, 0.3) is 21.9 Å². The molecule has 0 unspecified atom stereocenters. The molecule has 0 atom stereocenters. The Balaban J connectivity index is 2.30. The fraction of sp³-hybridized carbons (Fsp3) is 0.286. The lowest BCUT2D eigenvalue weighted by Crippen LogP contribution is -2.30. The maximum absolute atomic E-state index is 5.89. The van der Waals surface area contributed by atoms with Crippen LogP contribution in [0, 0.1) is 0 Å². The van der Waals surface area contributed by atoms with E-state index in [1.165, 1.54) is 0 Å². The molecule has 3 aromatic rings. The molecule has 0 bridgehead atoms. The molecule has 0 saturated heterocycles. The van der Waals surface area contributed by atoms with Crippen molar-refractivity contribution in [2.45, 2.75) is 26.4 Å². The molecule has 92 valence electrons. The number of para-hydroxylation sites is 1. The van der Waals surface area contributed by atoms with Crippen LogP contribution >= 0.6 is 0 Å². The lowest BCUT2D eigenvalue weighted by molar-refractivity contribution is -0.00874. The molecule has 0 N–H and O–H groups in total. The summed E-state index contributed by atoms with van der Waals surface area (Å²) >= 11 is 0. The standard InChI is InChI=1S/C14H15N3O/c1-14(2,3)18-17-9-16-12-8-15-11-7-5-4-6-10(11)13(12)17/h4-9H,1-3H3. The lowest BCUT2D eigenvalue weighted by Gasteiger charge is -2.21. The third kappa shape index (κ3) is 1.79. The van der Waals surface area contributed by atoms with E-state index in [2.05, 4.69) is 9.97 Å². The average Bonchev–Trinajstić information content (AvgIpc) is 2.70. The van der Waals surface area contributed by atoms with Crippen LogP contribution < -0.4 is 4.84 Å². The van der Waals surface area contributed by atoms with Crippen LogP contribution in [0.5, 0.6) is 0 Å². The second kappa shape index (κ2) is 3.70. The first-order valence-electron chi connectivity index (χ1n) is 5.95. The Morgan fingerprint density at radius 2 is 1.83 bits per heavy atom. The summed E-state index contributed by atoms with van der Waals surface area (Å²) in [5, 5.41) is 1.05. The predicted octanol–water partition coefficient (Wildman–Crippen LogP) is 2.81. The van der Waals surface area contributed by atoms with E-state index >= 15 is 0 Å². The molecule has 2 aromatic heterocycles. The average molecular weight is 241 g/mol. The molecule has 0 fully saturated rings. The Kier molecular flexibility index (Phi) is 2.26. The summed E-state index contributed by atoms with van der Waals surface area (Å²) in [6.45, 7) is 6.05. The van der Waals surface area contributed by atoms with E-state index in [0.717, 1.165) is 21.9 Å². The quantitative estimate of drug-likeness (QED) is 0.657. The van der Waals surface area contributed by atoms with Gasteiger partial charge in [0.2, 0.25) is 0 Å². The van der Waals surface area contributed by atoms with Crippen LogP contribution in [0.4, 0.5) is 0 Å². The van der Waals surface area contributed by atoms with E-state index in [9.17, 15) is 0 Å². The first-order valence-corrected chi connectivity index (χ1v) is 5.95. The Morgan fingerprint density at radius 1 is 1.06 bits per heavy atom. The van der Waals surface area contributed by atoms with E-state index in [0.29, 0.717) is 0 Å². The van der Waals surface area contributed by atoms with Crippen molar-refractivity contribution in [3.63, 3.8) is 0 Å². The first-order chi connectivity index (χ1) is 8.54. The summed E-state index contributed by atoms with van der Waals surface area (Å²) < 4.78 is 1.74.